The van der Waals surface area contributed by atoms with Crippen LogP contribution in [0.5, 0.6) is 0 Å². The molecule has 0 spiro atoms. The minimum Gasteiger partial charge on any atom is -0.389 e. The zero-order valence-electron chi connectivity index (χ0n) is 14.0. The molecule has 136 valence electrons. The highest BCUT2D eigenvalue weighted by atomic mass is 127. The Balaban J connectivity index is 0.00000288. The topological polar surface area (TPSA) is 65.9 Å². The third-order valence-electron chi connectivity index (χ3n) is 3.58. The molecule has 5 nitrogen and oxygen atoms in total. The summed E-state index contributed by atoms with van der Waals surface area (Å²) in [4.78, 5) is 4.49. The molecule has 0 aliphatic heterocycles. The van der Waals surface area contributed by atoms with Gasteiger partial charge < -0.3 is 20.5 Å². The molecule has 0 heterocycles. The molecule has 3 N–H and O–H groups in total. The van der Waals surface area contributed by atoms with E-state index in [1.165, 1.54) is 12.8 Å². The molecular weight excluding hydrogens is 441 g/mol. The van der Waals surface area contributed by atoms with Crippen molar-refractivity contribution in [3.05, 3.63) is 34.9 Å². The van der Waals surface area contributed by atoms with Gasteiger partial charge in [-0.05, 0) is 37.3 Å². The third-order valence-corrected chi connectivity index (χ3v) is 3.94. The average molecular weight is 468 g/mol. The molecule has 1 aliphatic carbocycles. The minimum absolute atomic E-state index is 0. The van der Waals surface area contributed by atoms with E-state index in [9.17, 15) is 5.11 Å². The van der Waals surface area contributed by atoms with Crippen LogP contribution in [0.1, 0.15) is 25.3 Å². The third kappa shape index (κ3) is 8.50. The second kappa shape index (κ2) is 11.9. The summed E-state index contributed by atoms with van der Waals surface area (Å²) in [6.45, 7) is 4.76. The maximum atomic E-state index is 9.94. The summed E-state index contributed by atoms with van der Waals surface area (Å²) in [5.41, 5.74) is 0.972. The number of nitrogens with zero attached hydrogens (tertiary/aromatic N) is 1. The van der Waals surface area contributed by atoms with Crippen LogP contribution in [0.15, 0.2) is 29.3 Å². The predicted molar refractivity (Wildman–Crippen MR) is 109 cm³/mol. The fourth-order valence-corrected chi connectivity index (χ4v) is 2.26. The van der Waals surface area contributed by atoms with Gasteiger partial charge in [-0.25, -0.2) is 4.99 Å². The van der Waals surface area contributed by atoms with Crippen LogP contribution in [-0.2, 0) is 11.3 Å². The molecule has 7 heteroatoms. The normalized spacial score (nSPS) is 15.5. The fraction of sp³-hybridized carbons (Fsp3) is 0.588. The lowest BCUT2D eigenvalue weighted by Gasteiger charge is -2.15. The second-order valence-corrected chi connectivity index (χ2v) is 6.21. The number of benzene rings is 1. The minimum atomic E-state index is -0.544. The van der Waals surface area contributed by atoms with E-state index in [1.54, 1.807) is 0 Å². The van der Waals surface area contributed by atoms with Crippen molar-refractivity contribution in [3.8, 4) is 0 Å². The van der Waals surface area contributed by atoms with E-state index < -0.39 is 6.10 Å². The first-order valence-electron chi connectivity index (χ1n) is 8.20. The van der Waals surface area contributed by atoms with Crippen molar-refractivity contribution >= 4 is 41.5 Å². The zero-order chi connectivity index (χ0) is 16.5. The molecule has 0 bridgehead atoms. The van der Waals surface area contributed by atoms with Crippen molar-refractivity contribution in [1.82, 2.24) is 10.6 Å². The monoisotopic (exact) mass is 467 g/mol. The van der Waals surface area contributed by atoms with E-state index in [1.807, 2.05) is 31.2 Å². The van der Waals surface area contributed by atoms with Gasteiger partial charge >= 0.3 is 0 Å². The van der Waals surface area contributed by atoms with Gasteiger partial charge in [-0.2, -0.15) is 0 Å². The first-order valence-corrected chi connectivity index (χ1v) is 8.58. The van der Waals surface area contributed by atoms with Gasteiger partial charge in [-0.15, -0.1) is 24.0 Å². The Labute approximate surface area is 166 Å². The first-order chi connectivity index (χ1) is 11.2. The maximum Gasteiger partial charge on any atom is 0.191 e. The quantitative estimate of drug-likeness (QED) is 0.297. The molecule has 1 fully saturated rings. The van der Waals surface area contributed by atoms with Crippen molar-refractivity contribution in [3.63, 3.8) is 0 Å². The Bertz CT molecular complexity index is 512. The number of aliphatic hydroxyl groups excluding tert-OH is 1. The summed E-state index contributed by atoms with van der Waals surface area (Å²) in [6.07, 6.45) is 1.97. The maximum absolute atomic E-state index is 9.94. The van der Waals surface area contributed by atoms with Crippen LogP contribution in [0, 0.1) is 5.92 Å². The largest absolute Gasteiger partial charge is 0.389 e. The van der Waals surface area contributed by atoms with Crippen LogP contribution in [0.25, 0.3) is 0 Å². The SMILES string of the molecule is CCNC(=NCc1ccccc1Cl)NCC(O)COCC1CC1.I. The van der Waals surface area contributed by atoms with Crippen LogP contribution in [-0.4, -0.2) is 43.5 Å². The molecule has 1 aromatic carbocycles. The molecule has 1 atom stereocenters. The first kappa shape index (κ1) is 21.5. The Morgan fingerprint density at radius 1 is 1.38 bits per heavy atom. The summed E-state index contributed by atoms with van der Waals surface area (Å²) in [5, 5.41) is 16.9. The zero-order valence-corrected chi connectivity index (χ0v) is 17.1. The molecule has 24 heavy (non-hydrogen) atoms. The summed E-state index contributed by atoms with van der Waals surface area (Å²) >= 11 is 6.13. The number of ether oxygens (including phenoxy) is 1. The van der Waals surface area contributed by atoms with Crippen LogP contribution in [0.4, 0.5) is 0 Å². The lowest BCUT2D eigenvalue weighted by molar-refractivity contribution is 0.0345. The number of rotatable bonds is 9. The van der Waals surface area contributed by atoms with Gasteiger partial charge in [0.1, 0.15) is 0 Å². The smallest absolute Gasteiger partial charge is 0.191 e. The van der Waals surface area contributed by atoms with Gasteiger partial charge in [-0.3, -0.25) is 0 Å². The lowest BCUT2D eigenvalue weighted by Crippen LogP contribution is -2.42. The van der Waals surface area contributed by atoms with Gasteiger partial charge in [0, 0.05) is 24.7 Å². The number of aliphatic hydroxyl groups is 1. The molecular formula is C17H27ClIN3O2. The summed E-state index contributed by atoms with van der Waals surface area (Å²) in [5.74, 6) is 1.37. The molecule has 1 unspecified atom stereocenters. The van der Waals surface area contributed by atoms with E-state index in [0.717, 1.165) is 18.7 Å². The highest BCUT2D eigenvalue weighted by molar-refractivity contribution is 14.0. The number of hydrogen-bond acceptors (Lipinski definition) is 3. The summed E-state index contributed by atoms with van der Waals surface area (Å²) in [6, 6.07) is 7.65. The van der Waals surface area contributed by atoms with Gasteiger partial charge in [-0.1, -0.05) is 29.8 Å². The Kier molecular flexibility index (Phi) is 10.6. The number of halogens is 2. The predicted octanol–water partition coefficient (Wildman–Crippen LogP) is 2.80. The number of guanidine groups is 1. The van der Waals surface area contributed by atoms with Gasteiger partial charge in [0.2, 0.25) is 0 Å². The van der Waals surface area contributed by atoms with E-state index in [2.05, 4.69) is 15.6 Å². The van der Waals surface area contributed by atoms with Gasteiger partial charge in [0.25, 0.3) is 0 Å². The molecule has 0 radical (unpaired) electrons. The second-order valence-electron chi connectivity index (χ2n) is 5.80. The summed E-state index contributed by atoms with van der Waals surface area (Å²) in [7, 11) is 0. The lowest BCUT2D eigenvalue weighted by atomic mass is 10.2. The van der Waals surface area contributed by atoms with E-state index in [4.69, 9.17) is 16.3 Å². The van der Waals surface area contributed by atoms with E-state index >= 15 is 0 Å². The Hall–Kier alpha value is -0.570. The Morgan fingerprint density at radius 3 is 2.79 bits per heavy atom. The standard InChI is InChI=1S/C17H26ClN3O2.HI/c1-2-19-17(20-9-14-5-3-4-6-16(14)18)21-10-15(22)12-23-11-13-7-8-13;/h3-6,13,15,22H,2,7-12H2,1H3,(H2,19,20,21);1H. The van der Waals surface area contributed by atoms with Crippen LogP contribution in [0.2, 0.25) is 5.02 Å². The van der Waals surface area contributed by atoms with Crippen molar-refractivity contribution < 1.29 is 9.84 Å². The average Bonchev–Trinajstić information content (AvgIpc) is 3.36. The van der Waals surface area contributed by atoms with Crippen molar-refractivity contribution in [2.45, 2.75) is 32.4 Å². The highest BCUT2D eigenvalue weighted by Crippen LogP contribution is 2.28. The molecule has 0 amide bonds. The molecule has 0 saturated heterocycles. The number of nitrogens with one attached hydrogen (secondary N) is 2. The van der Waals surface area contributed by atoms with Crippen LogP contribution < -0.4 is 10.6 Å². The van der Waals surface area contributed by atoms with Crippen molar-refractivity contribution in [2.75, 3.05) is 26.3 Å². The number of hydrogen-bond donors (Lipinski definition) is 3. The molecule has 1 aliphatic rings. The molecule has 0 aromatic heterocycles. The van der Waals surface area contributed by atoms with E-state index in [-0.39, 0.29) is 24.0 Å². The van der Waals surface area contributed by atoms with Crippen molar-refractivity contribution in [2.24, 2.45) is 10.9 Å². The van der Waals surface area contributed by atoms with E-state index in [0.29, 0.717) is 36.6 Å². The molecule has 2 rings (SSSR count). The van der Waals surface area contributed by atoms with Gasteiger partial charge in [0.15, 0.2) is 5.96 Å². The number of aliphatic imine (C=N–C) groups is 1. The molecule has 1 aromatic rings. The van der Waals surface area contributed by atoms with Gasteiger partial charge in [0.05, 0.1) is 19.3 Å². The molecule has 1 saturated carbocycles. The van der Waals surface area contributed by atoms with Crippen LogP contribution >= 0.6 is 35.6 Å². The summed E-state index contributed by atoms with van der Waals surface area (Å²) < 4.78 is 5.49. The highest BCUT2D eigenvalue weighted by Gasteiger charge is 2.21. The van der Waals surface area contributed by atoms with Crippen molar-refractivity contribution in [1.29, 1.82) is 0 Å². The fourth-order valence-electron chi connectivity index (χ4n) is 2.06. The van der Waals surface area contributed by atoms with Crippen LogP contribution in [0.3, 0.4) is 0 Å². The Morgan fingerprint density at radius 2 is 2.12 bits per heavy atom.